The van der Waals surface area contributed by atoms with Gasteiger partial charge in [0, 0.05) is 12.3 Å². The fourth-order valence-corrected chi connectivity index (χ4v) is 1.71. The summed E-state index contributed by atoms with van der Waals surface area (Å²) in [6.07, 6.45) is 3.99. The molecular weight excluding hydrogens is 256 g/mol. The Hall–Kier alpha value is -2.21. The van der Waals surface area contributed by atoms with E-state index in [1.165, 1.54) is 16.9 Å². The monoisotopic (exact) mass is 274 g/mol. The van der Waals surface area contributed by atoms with E-state index in [4.69, 9.17) is 10.5 Å². The van der Waals surface area contributed by atoms with Crippen LogP contribution in [-0.4, -0.2) is 27.9 Å². The minimum atomic E-state index is -0.208. The average molecular weight is 274 g/mol. The Bertz CT molecular complexity index is 625. The molecule has 2 aromatic rings. The van der Waals surface area contributed by atoms with Gasteiger partial charge in [0.15, 0.2) is 0 Å². The molecule has 2 N–H and O–H groups in total. The molecule has 0 radical (unpaired) electrons. The van der Waals surface area contributed by atoms with Crippen molar-refractivity contribution in [3.8, 4) is 5.75 Å². The Morgan fingerprint density at radius 3 is 3.00 bits per heavy atom. The number of pyridine rings is 1. The van der Waals surface area contributed by atoms with Gasteiger partial charge in [-0.3, -0.25) is 9.78 Å². The van der Waals surface area contributed by atoms with Crippen LogP contribution in [0.2, 0.25) is 0 Å². The van der Waals surface area contributed by atoms with E-state index in [9.17, 15) is 4.79 Å². The summed E-state index contributed by atoms with van der Waals surface area (Å²) in [5.41, 5.74) is 7.03. The lowest BCUT2D eigenvalue weighted by Crippen LogP contribution is -2.23. The second kappa shape index (κ2) is 6.81. The first kappa shape index (κ1) is 14.2. The van der Waals surface area contributed by atoms with Gasteiger partial charge in [0.25, 0.3) is 5.56 Å². The van der Waals surface area contributed by atoms with Crippen molar-refractivity contribution in [1.82, 2.24) is 14.8 Å². The molecular formula is C14H18N4O2. The highest BCUT2D eigenvalue weighted by Crippen LogP contribution is 2.06. The molecule has 6 nitrogen and oxygen atoms in total. The summed E-state index contributed by atoms with van der Waals surface area (Å²) < 4.78 is 6.75. The second-order valence-corrected chi connectivity index (χ2v) is 4.44. The van der Waals surface area contributed by atoms with Crippen LogP contribution in [0.1, 0.15) is 17.7 Å². The summed E-state index contributed by atoms with van der Waals surface area (Å²) in [5, 5.41) is 4.10. The van der Waals surface area contributed by atoms with E-state index in [0.29, 0.717) is 25.4 Å². The number of ether oxygens (including phenoxy) is 1. The molecule has 0 fully saturated rings. The highest BCUT2D eigenvalue weighted by molar-refractivity contribution is 5.18. The Labute approximate surface area is 117 Å². The molecule has 0 aliphatic heterocycles. The van der Waals surface area contributed by atoms with E-state index >= 15 is 0 Å². The summed E-state index contributed by atoms with van der Waals surface area (Å²) in [5.74, 6) is 0.470. The number of aryl methyl sites for hydroxylation is 1. The fourth-order valence-electron chi connectivity index (χ4n) is 1.71. The molecule has 0 amide bonds. The minimum absolute atomic E-state index is 0.208. The molecule has 0 aliphatic rings. The summed E-state index contributed by atoms with van der Waals surface area (Å²) in [4.78, 5) is 16.2. The van der Waals surface area contributed by atoms with E-state index < -0.39 is 0 Å². The summed E-state index contributed by atoms with van der Waals surface area (Å²) in [6.45, 7) is 3.36. The van der Waals surface area contributed by atoms with Crippen molar-refractivity contribution in [3.05, 3.63) is 52.2 Å². The average Bonchev–Trinajstić information content (AvgIpc) is 2.44. The first-order valence-electron chi connectivity index (χ1n) is 6.51. The lowest BCUT2D eigenvalue weighted by Gasteiger charge is -2.08. The van der Waals surface area contributed by atoms with Gasteiger partial charge in [-0.05, 0) is 31.5 Å². The number of aromatic nitrogens is 3. The SMILES string of the molecule is Cc1cccnc1Cn1ncc(OCCCN)cc1=O. The number of rotatable bonds is 6. The van der Waals surface area contributed by atoms with E-state index in [-0.39, 0.29) is 5.56 Å². The largest absolute Gasteiger partial charge is 0.492 e. The number of hydrogen-bond donors (Lipinski definition) is 1. The first-order chi connectivity index (χ1) is 9.70. The quantitative estimate of drug-likeness (QED) is 0.785. The highest BCUT2D eigenvalue weighted by Gasteiger charge is 2.05. The third-order valence-electron chi connectivity index (χ3n) is 2.88. The van der Waals surface area contributed by atoms with Crippen molar-refractivity contribution in [1.29, 1.82) is 0 Å². The Morgan fingerprint density at radius 2 is 2.30 bits per heavy atom. The molecule has 2 heterocycles. The van der Waals surface area contributed by atoms with E-state index in [1.54, 1.807) is 6.20 Å². The zero-order chi connectivity index (χ0) is 14.4. The summed E-state index contributed by atoms with van der Waals surface area (Å²) in [7, 11) is 0. The van der Waals surface area contributed by atoms with Crippen molar-refractivity contribution in [3.63, 3.8) is 0 Å². The molecule has 0 aromatic carbocycles. The molecule has 0 aliphatic carbocycles. The molecule has 106 valence electrons. The van der Waals surface area contributed by atoms with Crippen LogP contribution in [0.25, 0.3) is 0 Å². The van der Waals surface area contributed by atoms with Crippen LogP contribution in [0.15, 0.2) is 35.4 Å². The molecule has 0 unspecified atom stereocenters. The van der Waals surface area contributed by atoms with Gasteiger partial charge in [-0.15, -0.1) is 0 Å². The van der Waals surface area contributed by atoms with Gasteiger partial charge in [-0.25, -0.2) is 4.68 Å². The van der Waals surface area contributed by atoms with Crippen molar-refractivity contribution >= 4 is 0 Å². The number of nitrogens with zero attached hydrogens (tertiary/aromatic N) is 3. The van der Waals surface area contributed by atoms with Gasteiger partial charge in [0.2, 0.25) is 0 Å². The standard InChI is InChI=1S/C14H18N4O2/c1-11-4-2-6-16-13(11)10-18-14(19)8-12(9-17-18)20-7-3-5-15/h2,4,6,8-9H,3,5,7,10,15H2,1H3. The maximum Gasteiger partial charge on any atom is 0.270 e. The van der Waals surface area contributed by atoms with Crippen LogP contribution >= 0.6 is 0 Å². The van der Waals surface area contributed by atoms with Crippen molar-refractivity contribution < 1.29 is 4.74 Å². The third-order valence-corrected chi connectivity index (χ3v) is 2.88. The Balaban J connectivity index is 2.10. The van der Waals surface area contributed by atoms with Crippen LogP contribution in [0.5, 0.6) is 5.75 Å². The maximum atomic E-state index is 12.0. The van der Waals surface area contributed by atoms with Gasteiger partial charge in [-0.1, -0.05) is 6.07 Å². The highest BCUT2D eigenvalue weighted by atomic mass is 16.5. The normalized spacial score (nSPS) is 10.5. The van der Waals surface area contributed by atoms with E-state index in [2.05, 4.69) is 10.1 Å². The Kier molecular flexibility index (Phi) is 4.84. The molecule has 2 aromatic heterocycles. The lowest BCUT2D eigenvalue weighted by atomic mass is 10.2. The number of hydrogen-bond acceptors (Lipinski definition) is 5. The molecule has 6 heteroatoms. The van der Waals surface area contributed by atoms with Crippen molar-refractivity contribution in [2.75, 3.05) is 13.2 Å². The van der Waals surface area contributed by atoms with E-state index in [0.717, 1.165) is 17.7 Å². The second-order valence-electron chi connectivity index (χ2n) is 4.44. The van der Waals surface area contributed by atoms with Crippen LogP contribution in [-0.2, 0) is 6.54 Å². The minimum Gasteiger partial charge on any atom is -0.492 e. The van der Waals surface area contributed by atoms with Gasteiger partial charge < -0.3 is 10.5 Å². The molecule has 0 spiro atoms. The zero-order valence-corrected chi connectivity index (χ0v) is 11.5. The van der Waals surface area contributed by atoms with Crippen LogP contribution in [0.4, 0.5) is 0 Å². The molecule has 0 bridgehead atoms. The molecule has 0 saturated carbocycles. The fraction of sp³-hybridized carbons (Fsp3) is 0.357. The van der Waals surface area contributed by atoms with Crippen molar-refractivity contribution in [2.45, 2.75) is 19.9 Å². The molecule has 0 saturated heterocycles. The van der Waals surface area contributed by atoms with Crippen LogP contribution < -0.4 is 16.0 Å². The smallest absolute Gasteiger partial charge is 0.270 e. The third kappa shape index (κ3) is 3.64. The first-order valence-corrected chi connectivity index (χ1v) is 6.51. The predicted molar refractivity (Wildman–Crippen MR) is 75.7 cm³/mol. The van der Waals surface area contributed by atoms with Gasteiger partial charge in [-0.2, -0.15) is 5.10 Å². The Morgan fingerprint density at radius 1 is 1.45 bits per heavy atom. The molecule has 2 rings (SSSR count). The number of nitrogens with two attached hydrogens (primary N) is 1. The molecule has 20 heavy (non-hydrogen) atoms. The van der Waals surface area contributed by atoms with Crippen LogP contribution in [0.3, 0.4) is 0 Å². The van der Waals surface area contributed by atoms with Crippen molar-refractivity contribution in [2.24, 2.45) is 5.73 Å². The molecule has 0 atom stereocenters. The van der Waals surface area contributed by atoms with Crippen LogP contribution in [0, 0.1) is 6.92 Å². The topological polar surface area (TPSA) is 83.0 Å². The predicted octanol–water partition coefficient (Wildman–Crippen LogP) is 0.723. The van der Waals surface area contributed by atoms with Gasteiger partial charge in [0.05, 0.1) is 25.0 Å². The van der Waals surface area contributed by atoms with Gasteiger partial charge >= 0.3 is 0 Å². The lowest BCUT2D eigenvalue weighted by molar-refractivity contribution is 0.309. The zero-order valence-electron chi connectivity index (χ0n) is 11.5. The summed E-state index contributed by atoms with van der Waals surface area (Å²) >= 11 is 0. The van der Waals surface area contributed by atoms with Gasteiger partial charge in [0.1, 0.15) is 5.75 Å². The summed E-state index contributed by atoms with van der Waals surface area (Å²) in [6, 6.07) is 5.25. The maximum absolute atomic E-state index is 12.0. The van der Waals surface area contributed by atoms with E-state index in [1.807, 2.05) is 19.1 Å².